The van der Waals surface area contributed by atoms with Gasteiger partial charge in [0.2, 0.25) is 0 Å². The molecule has 0 spiro atoms. The number of aliphatic carboxylic acids is 1. The number of carboxylic acids is 1. The Morgan fingerprint density at radius 2 is 2.07 bits per heavy atom. The molecule has 0 aromatic rings. The Labute approximate surface area is 85.4 Å². The van der Waals surface area contributed by atoms with E-state index < -0.39 is 12.1 Å². The second kappa shape index (κ2) is 8.75. The van der Waals surface area contributed by atoms with Gasteiger partial charge >= 0.3 is 5.97 Å². The van der Waals surface area contributed by atoms with E-state index in [1.165, 1.54) is 19.3 Å². The lowest BCUT2D eigenvalue weighted by Gasteiger charge is -2.02. The summed E-state index contributed by atoms with van der Waals surface area (Å²) in [5.74, 6) is -0.947. The quantitative estimate of drug-likeness (QED) is 0.467. The van der Waals surface area contributed by atoms with Crippen molar-refractivity contribution in [2.24, 2.45) is 0 Å². The zero-order chi connectivity index (χ0) is 10.8. The van der Waals surface area contributed by atoms with E-state index in [-0.39, 0.29) is 6.42 Å². The average Bonchev–Trinajstić information content (AvgIpc) is 2.10. The Balaban J connectivity index is 3.36. The van der Waals surface area contributed by atoms with E-state index in [1.807, 2.05) is 12.2 Å². The Hall–Kier alpha value is -0.830. The van der Waals surface area contributed by atoms with Crippen molar-refractivity contribution in [3.63, 3.8) is 0 Å². The average molecular weight is 200 g/mol. The van der Waals surface area contributed by atoms with Crippen LogP contribution in [0.3, 0.4) is 0 Å². The van der Waals surface area contributed by atoms with Gasteiger partial charge in [0, 0.05) is 0 Å². The lowest BCUT2D eigenvalue weighted by molar-refractivity contribution is -0.139. The molecule has 0 saturated heterocycles. The lowest BCUT2D eigenvalue weighted by Crippen LogP contribution is -2.11. The highest BCUT2D eigenvalue weighted by Crippen LogP contribution is 2.03. The van der Waals surface area contributed by atoms with Crippen LogP contribution in [-0.2, 0) is 4.79 Å². The highest BCUT2D eigenvalue weighted by Gasteiger charge is 2.06. The summed E-state index contributed by atoms with van der Waals surface area (Å²) in [5, 5.41) is 17.6. The van der Waals surface area contributed by atoms with Gasteiger partial charge in [0.1, 0.15) is 0 Å². The summed E-state index contributed by atoms with van der Waals surface area (Å²) < 4.78 is 0. The van der Waals surface area contributed by atoms with Crippen molar-refractivity contribution in [2.45, 2.75) is 51.6 Å². The number of carboxylic acid groups (broad SMARTS) is 1. The van der Waals surface area contributed by atoms with Crippen LogP contribution in [0.4, 0.5) is 0 Å². The largest absolute Gasteiger partial charge is 0.481 e. The Morgan fingerprint density at radius 3 is 2.64 bits per heavy atom. The van der Waals surface area contributed by atoms with Crippen LogP contribution in [0.1, 0.15) is 45.4 Å². The standard InChI is InChI=1S/C11H20O3/c1-2-3-4-5-6-7-8-10(12)9-11(13)14/h6-7,10,12H,2-5,8-9H2,1H3,(H,13,14)/b7-6+. The first-order chi connectivity index (χ1) is 6.66. The number of hydrogen-bond acceptors (Lipinski definition) is 2. The fourth-order valence-electron chi connectivity index (χ4n) is 1.17. The first-order valence-corrected chi connectivity index (χ1v) is 5.21. The molecule has 0 amide bonds. The van der Waals surface area contributed by atoms with Gasteiger partial charge in [-0.05, 0) is 19.3 Å². The molecule has 1 unspecified atom stereocenters. The number of aliphatic hydroxyl groups excluding tert-OH is 1. The van der Waals surface area contributed by atoms with Gasteiger partial charge in [-0.1, -0.05) is 31.9 Å². The smallest absolute Gasteiger partial charge is 0.305 e. The second-order valence-corrected chi connectivity index (χ2v) is 3.45. The van der Waals surface area contributed by atoms with Crippen LogP contribution >= 0.6 is 0 Å². The maximum atomic E-state index is 10.2. The summed E-state index contributed by atoms with van der Waals surface area (Å²) in [6.45, 7) is 2.15. The number of unbranched alkanes of at least 4 members (excludes halogenated alkanes) is 3. The molecule has 0 rings (SSSR count). The summed E-state index contributed by atoms with van der Waals surface area (Å²) in [7, 11) is 0. The molecule has 1 atom stereocenters. The molecular formula is C11H20O3. The lowest BCUT2D eigenvalue weighted by atomic mass is 10.1. The number of allylic oxidation sites excluding steroid dienone is 1. The Bertz CT molecular complexity index is 175. The van der Waals surface area contributed by atoms with Crippen LogP contribution < -0.4 is 0 Å². The van der Waals surface area contributed by atoms with E-state index >= 15 is 0 Å². The molecular weight excluding hydrogens is 180 g/mol. The number of aliphatic hydroxyl groups is 1. The molecule has 82 valence electrons. The minimum absolute atomic E-state index is 0.167. The van der Waals surface area contributed by atoms with E-state index in [2.05, 4.69) is 6.92 Å². The van der Waals surface area contributed by atoms with Crippen molar-refractivity contribution in [1.82, 2.24) is 0 Å². The molecule has 0 fully saturated rings. The molecule has 0 radical (unpaired) electrons. The van der Waals surface area contributed by atoms with Crippen LogP contribution in [0.15, 0.2) is 12.2 Å². The first kappa shape index (κ1) is 13.2. The van der Waals surface area contributed by atoms with E-state index in [0.717, 1.165) is 6.42 Å². The molecule has 0 aromatic carbocycles. The molecule has 0 aliphatic carbocycles. The van der Waals surface area contributed by atoms with Gasteiger partial charge in [-0.25, -0.2) is 0 Å². The summed E-state index contributed by atoms with van der Waals surface area (Å²) >= 11 is 0. The third kappa shape index (κ3) is 9.26. The van der Waals surface area contributed by atoms with Crippen molar-refractivity contribution in [2.75, 3.05) is 0 Å². The molecule has 14 heavy (non-hydrogen) atoms. The van der Waals surface area contributed by atoms with Gasteiger partial charge in [-0.3, -0.25) is 4.79 Å². The highest BCUT2D eigenvalue weighted by molar-refractivity contribution is 5.67. The molecule has 2 N–H and O–H groups in total. The topological polar surface area (TPSA) is 57.5 Å². The van der Waals surface area contributed by atoms with E-state index in [0.29, 0.717) is 6.42 Å². The first-order valence-electron chi connectivity index (χ1n) is 5.21. The molecule has 3 heteroatoms. The molecule has 0 saturated carbocycles. The fraction of sp³-hybridized carbons (Fsp3) is 0.727. The number of hydrogen-bond donors (Lipinski definition) is 2. The number of rotatable bonds is 8. The van der Waals surface area contributed by atoms with Crippen molar-refractivity contribution in [3.05, 3.63) is 12.2 Å². The predicted molar refractivity (Wildman–Crippen MR) is 56.2 cm³/mol. The highest BCUT2D eigenvalue weighted by atomic mass is 16.4. The van der Waals surface area contributed by atoms with Crippen molar-refractivity contribution >= 4 is 5.97 Å². The van der Waals surface area contributed by atoms with E-state index in [1.54, 1.807) is 0 Å². The van der Waals surface area contributed by atoms with Crippen LogP contribution in [0.25, 0.3) is 0 Å². The van der Waals surface area contributed by atoms with Gasteiger partial charge in [-0.15, -0.1) is 0 Å². The predicted octanol–water partition coefficient (Wildman–Crippen LogP) is 2.35. The van der Waals surface area contributed by atoms with E-state index in [4.69, 9.17) is 5.11 Å². The van der Waals surface area contributed by atoms with Crippen molar-refractivity contribution in [1.29, 1.82) is 0 Å². The van der Waals surface area contributed by atoms with Gasteiger partial charge in [0.15, 0.2) is 0 Å². The normalized spacial score (nSPS) is 13.3. The number of carbonyl (C=O) groups is 1. The zero-order valence-electron chi connectivity index (χ0n) is 8.78. The van der Waals surface area contributed by atoms with Crippen LogP contribution in [-0.4, -0.2) is 22.3 Å². The molecule has 0 heterocycles. The van der Waals surface area contributed by atoms with Crippen LogP contribution in [0, 0.1) is 0 Å². The summed E-state index contributed by atoms with van der Waals surface area (Å²) in [6, 6.07) is 0. The molecule has 0 aromatic heterocycles. The van der Waals surface area contributed by atoms with Gasteiger partial charge < -0.3 is 10.2 Å². The minimum atomic E-state index is -0.947. The van der Waals surface area contributed by atoms with Gasteiger partial charge in [-0.2, -0.15) is 0 Å². The van der Waals surface area contributed by atoms with Crippen LogP contribution in [0.5, 0.6) is 0 Å². The summed E-state index contributed by atoms with van der Waals surface area (Å²) in [4.78, 5) is 10.2. The second-order valence-electron chi connectivity index (χ2n) is 3.45. The van der Waals surface area contributed by atoms with Gasteiger partial charge in [0.25, 0.3) is 0 Å². The van der Waals surface area contributed by atoms with Crippen LogP contribution in [0.2, 0.25) is 0 Å². The minimum Gasteiger partial charge on any atom is -0.481 e. The fourth-order valence-corrected chi connectivity index (χ4v) is 1.17. The third-order valence-corrected chi connectivity index (χ3v) is 1.96. The molecule has 0 aliphatic heterocycles. The molecule has 0 aliphatic rings. The Morgan fingerprint density at radius 1 is 1.36 bits per heavy atom. The summed E-state index contributed by atoms with van der Waals surface area (Å²) in [5.41, 5.74) is 0. The molecule has 0 bridgehead atoms. The van der Waals surface area contributed by atoms with Crippen molar-refractivity contribution < 1.29 is 15.0 Å². The van der Waals surface area contributed by atoms with Crippen molar-refractivity contribution in [3.8, 4) is 0 Å². The summed E-state index contributed by atoms with van der Waals surface area (Å²) in [6.07, 6.45) is 8.03. The maximum absolute atomic E-state index is 10.2. The Kier molecular flexibility index (Phi) is 8.24. The van der Waals surface area contributed by atoms with Gasteiger partial charge in [0.05, 0.1) is 12.5 Å². The zero-order valence-corrected chi connectivity index (χ0v) is 8.78. The monoisotopic (exact) mass is 200 g/mol. The van der Waals surface area contributed by atoms with E-state index in [9.17, 15) is 9.90 Å². The molecule has 3 nitrogen and oxygen atoms in total. The third-order valence-electron chi connectivity index (χ3n) is 1.96. The maximum Gasteiger partial charge on any atom is 0.305 e. The SMILES string of the molecule is CCCCC/C=C/CC(O)CC(=O)O.